The summed E-state index contributed by atoms with van der Waals surface area (Å²) >= 11 is 11.3. The number of hydrogen-bond acceptors (Lipinski definition) is 4. The van der Waals surface area contributed by atoms with Crippen LogP contribution < -0.4 is 5.48 Å². The van der Waals surface area contributed by atoms with Crippen molar-refractivity contribution in [3.05, 3.63) is 74.8 Å². The number of nitrogens with one attached hydrogen (secondary N) is 1. The largest absolute Gasteiger partial charge is 0.428 e. The molecule has 13 heteroatoms. The fourth-order valence-corrected chi connectivity index (χ4v) is 4.44. The standard InChI is InChI=1S/C23H15Cl2F6N3O2/c24-17-8-15(7-16(20(17)25)22(26,27)28)21(23(29,30)31)9-18(33-36-21)13-3-1-12(2-4-13)14-10-34(11-14)19(35)5-6-32/h1-4,7-9,14,33H,5,10-11H2. The fraction of sp³-hybridized carbons (Fsp3) is 0.304. The zero-order chi connectivity index (χ0) is 26.5. The second-order valence-corrected chi connectivity index (χ2v) is 9.05. The molecule has 1 amide bonds. The van der Waals surface area contributed by atoms with Crippen LogP contribution in [0.3, 0.4) is 0 Å². The van der Waals surface area contributed by atoms with Gasteiger partial charge >= 0.3 is 12.4 Å². The van der Waals surface area contributed by atoms with Gasteiger partial charge in [0.05, 0.1) is 27.4 Å². The molecule has 2 heterocycles. The highest BCUT2D eigenvalue weighted by atomic mass is 35.5. The number of amides is 1. The van der Waals surface area contributed by atoms with E-state index in [0.29, 0.717) is 25.2 Å². The Morgan fingerprint density at radius 1 is 1.14 bits per heavy atom. The number of benzene rings is 2. The summed E-state index contributed by atoms with van der Waals surface area (Å²) in [4.78, 5) is 18.1. The first kappa shape index (κ1) is 26.1. The van der Waals surface area contributed by atoms with E-state index in [-0.39, 0.29) is 35.6 Å². The van der Waals surface area contributed by atoms with Crippen LogP contribution in [0.2, 0.25) is 10.0 Å². The number of nitriles is 1. The molecule has 5 nitrogen and oxygen atoms in total. The third kappa shape index (κ3) is 4.61. The number of rotatable bonds is 4. The summed E-state index contributed by atoms with van der Waals surface area (Å²) in [6.07, 6.45) is -9.77. The molecule has 1 N–H and O–H groups in total. The van der Waals surface area contributed by atoms with Crippen LogP contribution >= 0.6 is 23.2 Å². The molecule has 4 rings (SSSR count). The lowest BCUT2D eigenvalue weighted by Gasteiger charge is -2.39. The van der Waals surface area contributed by atoms with Crippen LogP contribution in [0.25, 0.3) is 5.70 Å². The van der Waals surface area contributed by atoms with Crippen molar-refractivity contribution in [1.82, 2.24) is 10.4 Å². The van der Waals surface area contributed by atoms with E-state index in [2.05, 4.69) is 5.48 Å². The van der Waals surface area contributed by atoms with Crippen molar-refractivity contribution in [2.24, 2.45) is 0 Å². The van der Waals surface area contributed by atoms with E-state index in [1.54, 1.807) is 18.2 Å². The molecule has 2 aromatic rings. The molecule has 0 spiro atoms. The zero-order valence-corrected chi connectivity index (χ0v) is 19.5. The molecule has 0 aromatic heterocycles. The molecule has 36 heavy (non-hydrogen) atoms. The van der Waals surface area contributed by atoms with Crippen LogP contribution in [0.1, 0.15) is 34.6 Å². The average molecular weight is 550 g/mol. The molecule has 0 radical (unpaired) electrons. The highest BCUT2D eigenvalue weighted by Gasteiger charge is 2.60. The molecule has 1 saturated heterocycles. The number of hydroxylamine groups is 1. The van der Waals surface area contributed by atoms with Crippen LogP contribution in [0.4, 0.5) is 26.3 Å². The smallest absolute Gasteiger partial charge is 0.340 e. The van der Waals surface area contributed by atoms with Gasteiger partial charge in [-0.05, 0) is 29.3 Å². The second kappa shape index (κ2) is 9.18. The Morgan fingerprint density at radius 2 is 1.78 bits per heavy atom. The molecule has 1 fully saturated rings. The van der Waals surface area contributed by atoms with E-state index in [4.69, 9.17) is 33.3 Å². The Balaban J connectivity index is 1.63. The highest BCUT2D eigenvalue weighted by molar-refractivity contribution is 6.42. The van der Waals surface area contributed by atoms with Gasteiger partial charge in [-0.3, -0.25) is 15.1 Å². The minimum Gasteiger partial charge on any atom is -0.340 e. The quantitative estimate of drug-likeness (QED) is 0.462. The summed E-state index contributed by atoms with van der Waals surface area (Å²) in [5.74, 6) is -0.267. The Kier molecular flexibility index (Phi) is 6.66. The van der Waals surface area contributed by atoms with Crippen LogP contribution in [-0.2, 0) is 21.4 Å². The van der Waals surface area contributed by atoms with Gasteiger partial charge in [0.25, 0.3) is 0 Å². The third-order valence-corrected chi connectivity index (χ3v) is 6.81. The van der Waals surface area contributed by atoms with Crippen molar-refractivity contribution in [2.45, 2.75) is 30.3 Å². The van der Waals surface area contributed by atoms with E-state index < -0.39 is 39.1 Å². The van der Waals surface area contributed by atoms with Crippen molar-refractivity contribution in [2.75, 3.05) is 13.1 Å². The van der Waals surface area contributed by atoms with Crippen molar-refractivity contribution >= 4 is 34.8 Å². The van der Waals surface area contributed by atoms with Gasteiger partial charge < -0.3 is 4.90 Å². The van der Waals surface area contributed by atoms with Gasteiger partial charge in [0.1, 0.15) is 6.42 Å². The van der Waals surface area contributed by atoms with Gasteiger partial charge in [0.2, 0.25) is 11.5 Å². The minimum atomic E-state index is -5.16. The van der Waals surface area contributed by atoms with Gasteiger partial charge in [-0.1, -0.05) is 47.5 Å². The Morgan fingerprint density at radius 3 is 2.33 bits per heavy atom. The molecule has 2 aliphatic rings. The summed E-state index contributed by atoms with van der Waals surface area (Å²) in [7, 11) is 0. The maximum atomic E-state index is 14.2. The number of halogens is 8. The molecular formula is C23H15Cl2F6N3O2. The molecule has 2 aliphatic heterocycles. The third-order valence-electron chi connectivity index (χ3n) is 6.01. The monoisotopic (exact) mass is 549 g/mol. The van der Waals surface area contributed by atoms with Gasteiger partial charge in [-0.2, -0.15) is 31.6 Å². The highest BCUT2D eigenvalue weighted by Crippen LogP contribution is 2.50. The first-order valence-electron chi connectivity index (χ1n) is 10.3. The average Bonchev–Trinajstić information content (AvgIpc) is 3.21. The maximum Gasteiger partial charge on any atom is 0.428 e. The van der Waals surface area contributed by atoms with Crippen LogP contribution in [0.15, 0.2) is 42.5 Å². The summed E-state index contributed by atoms with van der Waals surface area (Å²) in [6.45, 7) is 0.833. The normalized spacial score (nSPS) is 20.4. The van der Waals surface area contributed by atoms with E-state index in [0.717, 1.165) is 5.56 Å². The number of likely N-dealkylation sites (tertiary alicyclic amines) is 1. The Hall–Kier alpha value is -2.94. The second-order valence-electron chi connectivity index (χ2n) is 8.27. The first-order valence-corrected chi connectivity index (χ1v) is 11.1. The maximum absolute atomic E-state index is 14.2. The molecule has 0 bridgehead atoms. The van der Waals surface area contributed by atoms with Gasteiger partial charge in [-0.25, -0.2) is 0 Å². The predicted octanol–water partition coefficient (Wildman–Crippen LogP) is 6.19. The summed E-state index contributed by atoms with van der Waals surface area (Å²) in [5.41, 5.74) is -2.49. The molecule has 2 aromatic carbocycles. The van der Waals surface area contributed by atoms with Crippen molar-refractivity contribution in [3.63, 3.8) is 0 Å². The minimum absolute atomic E-state index is 0.00900. The number of hydrogen-bond donors (Lipinski definition) is 1. The number of nitrogens with zero attached hydrogens (tertiary/aromatic N) is 2. The molecule has 190 valence electrons. The summed E-state index contributed by atoms with van der Waals surface area (Å²) in [6, 6.07) is 9.14. The number of carbonyl (C=O) groups excluding carboxylic acids is 1. The van der Waals surface area contributed by atoms with E-state index in [1.807, 2.05) is 0 Å². The number of carbonyl (C=O) groups is 1. The van der Waals surface area contributed by atoms with Gasteiger partial charge in [0, 0.05) is 24.6 Å². The predicted molar refractivity (Wildman–Crippen MR) is 117 cm³/mol. The van der Waals surface area contributed by atoms with Crippen LogP contribution in [0, 0.1) is 11.3 Å². The zero-order valence-electron chi connectivity index (χ0n) is 18.0. The van der Waals surface area contributed by atoms with E-state index >= 15 is 0 Å². The summed E-state index contributed by atoms with van der Waals surface area (Å²) < 4.78 is 82.7. The van der Waals surface area contributed by atoms with Gasteiger partial charge in [0.15, 0.2) is 0 Å². The molecule has 0 saturated carbocycles. The molecule has 1 unspecified atom stereocenters. The molecule has 1 atom stereocenters. The molecular weight excluding hydrogens is 535 g/mol. The lowest BCUT2D eigenvalue weighted by atomic mass is 9.89. The van der Waals surface area contributed by atoms with Crippen molar-refractivity contribution < 1.29 is 36.0 Å². The van der Waals surface area contributed by atoms with E-state index in [9.17, 15) is 31.1 Å². The van der Waals surface area contributed by atoms with E-state index in [1.165, 1.54) is 17.0 Å². The SMILES string of the molecule is N#CCC(=O)N1CC(c2ccc(C3=CC(c4cc(Cl)c(Cl)c(C(F)(F)F)c4)(C(F)(F)F)ON3)cc2)C1. The lowest BCUT2D eigenvalue weighted by Crippen LogP contribution is -2.48. The fourth-order valence-electron chi connectivity index (χ4n) is 4.00. The van der Waals surface area contributed by atoms with Crippen molar-refractivity contribution in [1.29, 1.82) is 5.26 Å². The number of alkyl halides is 6. The topological polar surface area (TPSA) is 65.4 Å². The lowest BCUT2D eigenvalue weighted by molar-refractivity contribution is -0.269. The molecule has 0 aliphatic carbocycles. The van der Waals surface area contributed by atoms with Crippen LogP contribution in [0.5, 0.6) is 0 Å². The Labute approximate surface area is 210 Å². The van der Waals surface area contributed by atoms with Crippen LogP contribution in [-0.4, -0.2) is 30.1 Å². The van der Waals surface area contributed by atoms with Gasteiger partial charge in [-0.15, -0.1) is 0 Å². The summed E-state index contributed by atoms with van der Waals surface area (Å²) in [5, 5.41) is 6.98. The van der Waals surface area contributed by atoms with Crippen molar-refractivity contribution in [3.8, 4) is 6.07 Å². The first-order chi connectivity index (χ1) is 16.8. The Bertz CT molecular complexity index is 1260.